The SMILES string of the molecule is CCCCOc1ccc2cc(S(=O)(=O)N[C@@H](C(=O)N3C4CCC3CC(N)C4)C(F)(F)c3ccc(Br)cc3)ccc2c1.O=C(O)C(F)(F)F. The van der Waals surface area contributed by atoms with Crippen molar-refractivity contribution in [1.29, 1.82) is 0 Å². The Labute approximate surface area is 282 Å². The predicted molar refractivity (Wildman–Crippen MR) is 171 cm³/mol. The molecule has 2 saturated heterocycles. The maximum Gasteiger partial charge on any atom is 0.490 e. The molecule has 262 valence electrons. The van der Waals surface area contributed by atoms with E-state index in [0.29, 0.717) is 47.9 Å². The number of ether oxygens (including phenoxy) is 1. The van der Waals surface area contributed by atoms with E-state index in [0.717, 1.165) is 18.2 Å². The molecule has 48 heavy (non-hydrogen) atoms. The second kappa shape index (κ2) is 15.0. The topological polar surface area (TPSA) is 139 Å². The van der Waals surface area contributed by atoms with Gasteiger partial charge in [0.15, 0.2) is 6.04 Å². The van der Waals surface area contributed by atoms with Crippen molar-refractivity contribution in [2.75, 3.05) is 6.61 Å². The highest BCUT2D eigenvalue weighted by molar-refractivity contribution is 9.10. The Hall–Kier alpha value is -3.34. The number of carboxylic acid groups (broad SMARTS) is 1. The minimum absolute atomic E-state index is 0.117. The molecule has 3 aromatic carbocycles. The molecule has 0 aromatic heterocycles. The van der Waals surface area contributed by atoms with Gasteiger partial charge in [0.05, 0.1) is 11.5 Å². The lowest BCUT2D eigenvalue weighted by atomic mass is 9.95. The van der Waals surface area contributed by atoms with E-state index in [1.165, 1.54) is 41.3 Å². The predicted octanol–water partition coefficient (Wildman–Crippen LogP) is 6.33. The number of carbonyl (C=O) groups excluding carboxylic acids is 1. The molecule has 16 heteroatoms. The van der Waals surface area contributed by atoms with Gasteiger partial charge in [-0.2, -0.15) is 26.7 Å². The number of nitrogens with one attached hydrogen (secondary N) is 1. The standard InChI is InChI=1S/C30H34BrF2N3O4S.C2HF3O2/c1-2-3-14-40-26-12-4-20-16-27(13-5-19(20)15-26)41(38,39)35-28(30(32,33)21-6-8-22(31)9-7-21)29(37)36-24-10-11-25(36)18-23(34)17-24;3-2(4,5)1(6)7/h4-9,12-13,15-16,23-25,28,35H,2-3,10-11,14,17-18,34H2,1H3;(H,6,7)/t23?,24?,25?,28-;/m0./s1. The van der Waals surface area contributed by atoms with Crippen molar-refractivity contribution in [3.8, 4) is 5.75 Å². The molecule has 9 nitrogen and oxygen atoms in total. The fraction of sp³-hybridized carbons (Fsp3) is 0.438. The number of nitrogens with two attached hydrogens (primary N) is 1. The number of halogens is 6. The summed E-state index contributed by atoms with van der Waals surface area (Å²) in [4.78, 5) is 24.0. The van der Waals surface area contributed by atoms with Gasteiger partial charge in [0.2, 0.25) is 15.9 Å². The summed E-state index contributed by atoms with van der Waals surface area (Å²) >= 11 is 3.24. The normalized spacial score (nSPS) is 20.2. The zero-order valence-corrected chi connectivity index (χ0v) is 28.1. The van der Waals surface area contributed by atoms with Crippen LogP contribution in [0.1, 0.15) is 51.0 Å². The zero-order valence-electron chi connectivity index (χ0n) is 25.7. The number of carboxylic acids is 1. The van der Waals surface area contributed by atoms with Crippen LogP contribution in [0, 0.1) is 0 Å². The van der Waals surface area contributed by atoms with Gasteiger partial charge in [0.1, 0.15) is 5.75 Å². The van der Waals surface area contributed by atoms with Crippen molar-refractivity contribution in [1.82, 2.24) is 9.62 Å². The molecular formula is C32H35BrF5N3O6S. The number of amides is 1. The summed E-state index contributed by atoms with van der Waals surface area (Å²) in [5, 5.41) is 8.47. The summed E-state index contributed by atoms with van der Waals surface area (Å²) in [6.07, 6.45) is -0.860. The van der Waals surface area contributed by atoms with E-state index >= 15 is 8.78 Å². The summed E-state index contributed by atoms with van der Waals surface area (Å²) in [6, 6.07) is 11.9. The van der Waals surface area contributed by atoms with Crippen LogP contribution in [0.2, 0.25) is 0 Å². The fourth-order valence-corrected chi connectivity index (χ4v) is 7.35. The van der Waals surface area contributed by atoms with Gasteiger partial charge in [-0.3, -0.25) is 4.79 Å². The number of hydrogen-bond donors (Lipinski definition) is 3. The van der Waals surface area contributed by atoms with Crippen LogP contribution in [0.15, 0.2) is 70.0 Å². The summed E-state index contributed by atoms with van der Waals surface area (Å²) in [5.74, 6) is -6.86. The molecule has 1 amide bonds. The lowest BCUT2D eigenvalue weighted by Crippen LogP contribution is -2.60. The van der Waals surface area contributed by atoms with E-state index in [9.17, 15) is 26.4 Å². The number of alkyl halides is 5. The molecule has 0 spiro atoms. The highest BCUT2D eigenvalue weighted by atomic mass is 79.9. The number of unbranched alkanes of at least 4 members (excludes halogenated alkanes) is 1. The molecule has 3 aromatic rings. The summed E-state index contributed by atoms with van der Waals surface area (Å²) in [7, 11) is -4.53. The number of fused-ring (bicyclic) bond motifs is 3. The number of aliphatic carboxylic acids is 1. The number of piperidine rings is 1. The molecule has 0 aliphatic carbocycles. The average molecular weight is 765 g/mol. The van der Waals surface area contributed by atoms with Crippen molar-refractivity contribution in [3.63, 3.8) is 0 Å². The van der Waals surface area contributed by atoms with Crippen LogP contribution in [0.3, 0.4) is 0 Å². The van der Waals surface area contributed by atoms with E-state index in [1.54, 1.807) is 24.3 Å². The monoisotopic (exact) mass is 763 g/mol. The highest BCUT2D eigenvalue weighted by Gasteiger charge is 2.53. The van der Waals surface area contributed by atoms with Gasteiger partial charge in [-0.25, -0.2) is 13.2 Å². The Morgan fingerprint density at radius 2 is 1.56 bits per heavy atom. The van der Waals surface area contributed by atoms with Gasteiger partial charge >= 0.3 is 12.1 Å². The maximum absolute atomic E-state index is 16.2. The Kier molecular flexibility index (Phi) is 11.8. The van der Waals surface area contributed by atoms with Crippen LogP contribution in [-0.2, 0) is 25.5 Å². The molecule has 0 radical (unpaired) electrons. The first-order chi connectivity index (χ1) is 22.4. The molecule has 2 unspecified atom stereocenters. The van der Waals surface area contributed by atoms with E-state index in [2.05, 4.69) is 27.6 Å². The van der Waals surface area contributed by atoms with Gasteiger partial charge in [-0.15, -0.1) is 0 Å². The molecule has 2 aliphatic heterocycles. The van der Waals surface area contributed by atoms with E-state index in [4.69, 9.17) is 20.4 Å². The number of hydrogen-bond acceptors (Lipinski definition) is 6. The van der Waals surface area contributed by atoms with Crippen molar-refractivity contribution in [3.05, 3.63) is 70.7 Å². The minimum atomic E-state index is -5.08. The molecule has 2 aliphatic rings. The van der Waals surface area contributed by atoms with Crippen LogP contribution in [0.4, 0.5) is 22.0 Å². The number of benzene rings is 3. The third-order valence-electron chi connectivity index (χ3n) is 8.24. The third kappa shape index (κ3) is 8.81. The second-order valence-corrected chi connectivity index (χ2v) is 14.4. The number of nitrogens with zero attached hydrogens (tertiary/aromatic N) is 1. The summed E-state index contributed by atoms with van der Waals surface area (Å²) in [5.41, 5.74) is 5.68. The molecule has 2 bridgehead atoms. The number of rotatable bonds is 10. The van der Waals surface area contributed by atoms with E-state index < -0.39 is 45.6 Å². The Morgan fingerprint density at radius 3 is 2.12 bits per heavy atom. The van der Waals surface area contributed by atoms with Gasteiger partial charge in [-0.1, -0.05) is 53.5 Å². The van der Waals surface area contributed by atoms with E-state index in [1.807, 2.05) is 0 Å². The number of carbonyl (C=O) groups is 2. The summed E-state index contributed by atoms with van der Waals surface area (Å²) in [6.45, 7) is 2.64. The van der Waals surface area contributed by atoms with Crippen molar-refractivity contribution in [2.45, 2.75) is 86.6 Å². The lowest BCUT2D eigenvalue weighted by molar-refractivity contribution is -0.192. The summed E-state index contributed by atoms with van der Waals surface area (Å²) < 4.78 is 99.7. The van der Waals surface area contributed by atoms with Gasteiger partial charge in [-0.05, 0) is 79.3 Å². The fourth-order valence-electron chi connectivity index (χ4n) is 5.86. The Bertz CT molecular complexity index is 1710. The number of sulfonamides is 1. The quantitative estimate of drug-likeness (QED) is 0.162. The molecule has 3 atom stereocenters. The van der Waals surface area contributed by atoms with Crippen LogP contribution in [0.25, 0.3) is 10.8 Å². The van der Waals surface area contributed by atoms with Crippen LogP contribution < -0.4 is 15.2 Å². The van der Waals surface area contributed by atoms with Crippen molar-refractivity contribution in [2.24, 2.45) is 5.73 Å². The van der Waals surface area contributed by atoms with E-state index in [-0.39, 0.29) is 23.0 Å². The molecule has 5 rings (SSSR count). The van der Waals surface area contributed by atoms with Gasteiger partial charge in [0.25, 0.3) is 5.92 Å². The second-order valence-electron chi connectivity index (χ2n) is 11.7. The lowest BCUT2D eigenvalue weighted by Gasteiger charge is -2.41. The first-order valence-electron chi connectivity index (χ1n) is 15.1. The third-order valence-corrected chi connectivity index (χ3v) is 10.2. The molecule has 4 N–H and O–H groups in total. The first-order valence-corrected chi connectivity index (χ1v) is 17.4. The van der Waals surface area contributed by atoms with Crippen LogP contribution >= 0.6 is 15.9 Å². The largest absolute Gasteiger partial charge is 0.494 e. The highest BCUT2D eigenvalue weighted by Crippen LogP contribution is 2.40. The van der Waals surface area contributed by atoms with Crippen LogP contribution in [-0.4, -0.2) is 67.3 Å². The Balaban J connectivity index is 0.000000671. The molecule has 0 saturated carbocycles. The zero-order chi connectivity index (χ0) is 35.4. The maximum atomic E-state index is 16.2. The van der Waals surface area contributed by atoms with Crippen molar-refractivity contribution < 1.29 is 49.8 Å². The van der Waals surface area contributed by atoms with Gasteiger partial charge in [0, 0.05) is 28.2 Å². The molecule has 2 heterocycles. The molecule has 2 fully saturated rings. The minimum Gasteiger partial charge on any atom is -0.494 e. The molecular weight excluding hydrogens is 729 g/mol. The first kappa shape index (κ1) is 37.5. The Morgan fingerprint density at radius 1 is 1.00 bits per heavy atom. The average Bonchev–Trinajstić information content (AvgIpc) is 3.29. The van der Waals surface area contributed by atoms with Crippen LogP contribution in [0.5, 0.6) is 5.75 Å². The smallest absolute Gasteiger partial charge is 0.490 e. The van der Waals surface area contributed by atoms with Crippen molar-refractivity contribution >= 4 is 48.6 Å². The van der Waals surface area contributed by atoms with Gasteiger partial charge < -0.3 is 20.5 Å².